The number of amides is 1. The maximum Gasteiger partial charge on any atom is 0.287 e. The second-order valence-corrected chi connectivity index (χ2v) is 7.54. The molecule has 0 unspecified atom stereocenters. The minimum atomic E-state index is -3.32. The van der Waals surface area contributed by atoms with Gasteiger partial charge in [0.05, 0.1) is 0 Å². The van der Waals surface area contributed by atoms with Crippen molar-refractivity contribution in [1.29, 1.82) is 0 Å². The Morgan fingerprint density at radius 3 is 1.65 bits per heavy atom. The van der Waals surface area contributed by atoms with Crippen molar-refractivity contribution in [2.24, 2.45) is 0 Å². The molecule has 0 aromatic heterocycles. The number of carbonyl (C=O) groups is 1. The van der Waals surface area contributed by atoms with E-state index in [4.69, 9.17) is 0 Å². The lowest BCUT2D eigenvalue weighted by Gasteiger charge is -2.20. The van der Waals surface area contributed by atoms with E-state index in [1.807, 2.05) is 26.0 Å². The van der Waals surface area contributed by atoms with Gasteiger partial charge in [0.25, 0.3) is 5.65 Å². The van der Waals surface area contributed by atoms with Crippen LogP contribution in [-0.2, 0) is 4.57 Å². The third-order valence-corrected chi connectivity index (χ3v) is 5.69. The van der Waals surface area contributed by atoms with Crippen LogP contribution in [0.4, 0.5) is 4.79 Å². The van der Waals surface area contributed by atoms with Gasteiger partial charge in [0.2, 0.25) is 7.14 Å². The Morgan fingerprint density at radius 2 is 1.30 bits per heavy atom. The van der Waals surface area contributed by atoms with E-state index in [0.29, 0.717) is 10.6 Å². The maximum atomic E-state index is 13.4. The molecule has 0 aliphatic carbocycles. The van der Waals surface area contributed by atoms with Gasteiger partial charge >= 0.3 is 0 Å². The van der Waals surface area contributed by atoms with Crippen molar-refractivity contribution >= 4 is 23.4 Å². The first kappa shape index (κ1) is 14.5. The van der Waals surface area contributed by atoms with Crippen molar-refractivity contribution in [1.82, 2.24) is 5.32 Å². The summed E-state index contributed by atoms with van der Waals surface area (Å²) in [6.07, 6.45) is 0. The Bertz CT molecular complexity index is 580. The van der Waals surface area contributed by atoms with E-state index >= 15 is 0 Å². The molecule has 2 rings (SSSR count). The zero-order chi connectivity index (χ0) is 14.6. The lowest BCUT2D eigenvalue weighted by atomic mass is 10.4. The van der Waals surface area contributed by atoms with Gasteiger partial charge in [-0.25, -0.2) is 0 Å². The van der Waals surface area contributed by atoms with Crippen molar-refractivity contribution in [3.8, 4) is 0 Å². The highest BCUT2D eigenvalue weighted by molar-refractivity contribution is 7.92. The van der Waals surface area contributed by atoms with Gasteiger partial charge in [-0.05, 0) is 13.8 Å². The fourth-order valence-electron chi connectivity index (χ4n) is 2.00. The number of hydrogen-bond donors (Lipinski definition) is 1. The molecule has 0 radical (unpaired) electrons. The Hall–Kier alpha value is -1.86. The van der Waals surface area contributed by atoms with Crippen molar-refractivity contribution in [3.63, 3.8) is 0 Å². The van der Waals surface area contributed by atoms with Crippen LogP contribution in [0.25, 0.3) is 0 Å². The summed E-state index contributed by atoms with van der Waals surface area (Å²) < 4.78 is 13.4. The average Bonchev–Trinajstić information content (AvgIpc) is 2.47. The second kappa shape index (κ2) is 6.06. The minimum Gasteiger partial charge on any atom is -0.347 e. The lowest BCUT2D eigenvalue weighted by Crippen LogP contribution is -2.35. The highest BCUT2D eigenvalue weighted by Crippen LogP contribution is 2.43. The van der Waals surface area contributed by atoms with Gasteiger partial charge in [-0.3, -0.25) is 4.79 Å². The fraction of sp³-hybridized carbons (Fsp3) is 0.188. The summed E-state index contributed by atoms with van der Waals surface area (Å²) in [5.74, 6) is 0. The van der Waals surface area contributed by atoms with Crippen LogP contribution in [-0.4, -0.2) is 11.7 Å². The van der Waals surface area contributed by atoms with Crippen LogP contribution in [0, 0.1) is 0 Å². The monoisotopic (exact) mass is 287 g/mol. The molecule has 0 spiro atoms. The van der Waals surface area contributed by atoms with Crippen LogP contribution >= 0.6 is 7.14 Å². The first-order chi connectivity index (χ1) is 9.55. The van der Waals surface area contributed by atoms with Crippen LogP contribution in [0.3, 0.4) is 0 Å². The zero-order valence-electron chi connectivity index (χ0n) is 11.6. The summed E-state index contributed by atoms with van der Waals surface area (Å²) in [4.78, 5) is 12.5. The number of nitrogens with one attached hydrogen (secondary N) is 1. The number of rotatable bonds is 4. The maximum absolute atomic E-state index is 13.4. The van der Waals surface area contributed by atoms with Crippen LogP contribution in [0.1, 0.15) is 13.8 Å². The van der Waals surface area contributed by atoms with E-state index < -0.39 is 12.8 Å². The molecule has 0 saturated heterocycles. The van der Waals surface area contributed by atoms with E-state index in [9.17, 15) is 9.36 Å². The van der Waals surface area contributed by atoms with Crippen molar-refractivity contribution in [2.75, 3.05) is 0 Å². The summed E-state index contributed by atoms with van der Waals surface area (Å²) in [6, 6.07) is 17.8. The molecular weight excluding hydrogens is 269 g/mol. The molecule has 104 valence electrons. The molecule has 0 heterocycles. The summed E-state index contributed by atoms with van der Waals surface area (Å²) in [7, 11) is -3.32. The fourth-order valence-corrected chi connectivity index (χ4v) is 4.39. The zero-order valence-corrected chi connectivity index (χ0v) is 12.5. The van der Waals surface area contributed by atoms with Gasteiger partial charge in [-0.1, -0.05) is 60.7 Å². The molecular formula is C16H18NO2P. The average molecular weight is 287 g/mol. The van der Waals surface area contributed by atoms with E-state index in [0.717, 1.165) is 0 Å². The van der Waals surface area contributed by atoms with Gasteiger partial charge < -0.3 is 9.88 Å². The molecule has 0 saturated carbocycles. The molecule has 3 nitrogen and oxygen atoms in total. The molecule has 0 aliphatic heterocycles. The normalized spacial score (nSPS) is 11.3. The van der Waals surface area contributed by atoms with E-state index in [1.54, 1.807) is 48.5 Å². The molecule has 2 aromatic rings. The highest BCUT2D eigenvalue weighted by atomic mass is 31.2. The van der Waals surface area contributed by atoms with Gasteiger partial charge in [0.1, 0.15) is 0 Å². The summed E-state index contributed by atoms with van der Waals surface area (Å²) in [5.41, 5.74) is -0.412. The van der Waals surface area contributed by atoms with Crippen LogP contribution in [0.5, 0.6) is 0 Å². The first-order valence-electron chi connectivity index (χ1n) is 6.57. The van der Waals surface area contributed by atoms with E-state index in [-0.39, 0.29) is 6.04 Å². The molecule has 2 aromatic carbocycles. The molecule has 1 N–H and O–H groups in total. The molecule has 0 fully saturated rings. The van der Waals surface area contributed by atoms with Crippen LogP contribution < -0.4 is 15.9 Å². The van der Waals surface area contributed by atoms with Gasteiger partial charge in [-0.15, -0.1) is 0 Å². The van der Waals surface area contributed by atoms with Crippen molar-refractivity contribution in [2.45, 2.75) is 19.9 Å². The van der Waals surface area contributed by atoms with Gasteiger partial charge in [0, 0.05) is 16.7 Å². The molecule has 4 heteroatoms. The smallest absolute Gasteiger partial charge is 0.287 e. The lowest BCUT2D eigenvalue weighted by molar-refractivity contribution is 0.257. The van der Waals surface area contributed by atoms with Crippen LogP contribution in [0.15, 0.2) is 60.7 Å². The Kier molecular flexibility index (Phi) is 4.41. The standard InChI is InChI=1S/C16H18NO2P/c1-13(2)17-16(18)20(19,14-9-5-3-6-10-14)15-11-7-4-8-12-15/h3-13H,1-2H3,(H,17,18). The van der Waals surface area contributed by atoms with Gasteiger partial charge in [0.15, 0.2) is 0 Å². The Morgan fingerprint density at radius 1 is 0.900 bits per heavy atom. The van der Waals surface area contributed by atoms with Crippen LogP contribution in [0.2, 0.25) is 0 Å². The minimum absolute atomic E-state index is 0.0525. The number of carbonyl (C=O) groups excluding carboxylic acids is 1. The summed E-state index contributed by atoms with van der Waals surface area (Å²) in [5, 5.41) is 3.90. The topological polar surface area (TPSA) is 46.2 Å². The van der Waals surface area contributed by atoms with Gasteiger partial charge in [-0.2, -0.15) is 0 Å². The van der Waals surface area contributed by atoms with E-state index in [1.165, 1.54) is 0 Å². The van der Waals surface area contributed by atoms with E-state index in [2.05, 4.69) is 5.32 Å². The first-order valence-corrected chi connectivity index (χ1v) is 8.28. The third kappa shape index (κ3) is 2.83. The second-order valence-electron chi connectivity index (χ2n) is 4.88. The number of benzene rings is 2. The third-order valence-electron chi connectivity index (χ3n) is 2.94. The SMILES string of the molecule is CC(C)NC(=O)P(=O)(c1ccccc1)c1ccccc1. The molecule has 0 atom stereocenters. The summed E-state index contributed by atoms with van der Waals surface area (Å²) >= 11 is 0. The molecule has 0 bridgehead atoms. The predicted octanol–water partition coefficient (Wildman–Crippen LogP) is 3.12. The Labute approximate surface area is 119 Å². The molecule has 1 amide bonds. The summed E-state index contributed by atoms with van der Waals surface area (Å²) in [6.45, 7) is 3.72. The predicted molar refractivity (Wildman–Crippen MR) is 83.4 cm³/mol. The quantitative estimate of drug-likeness (QED) is 0.878. The Balaban J connectivity index is 2.56. The van der Waals surface area contributed by atoms with Crippen molar-refractivity contribution < 1.29 is 9.36 Å². The van der Waals surface area contributed by atoms with Crippen molar-refractivity contribution in [3.05, 3.63) is 60.7 Å². The highest BCUT2D eigenvalue weighted by Gasteiger charge is 2.35. The molecule has 20 heavy (non-hydrogen) atoms. The largest absolute Gasteiger partial charge is 0.347 e. The molecule has 0 aliphatic rings. The number of hydrogen-bond acceptors (Lipinski definition) is 2.